The molecule has 0 aliphatic heterocycles. The molecule has 0 saturated carbocycles. The second-order valence-corrected chi connectivity index (χ2v) is 7.02. The second-order valence-electron chi connectivity index (χ2n) is 6.00. The predicted octanol–water partition coefficient (Wildman–Crippen LogP) is 2.34. The number of thioether (sulfide) groups is 1. The van der Waals surface area contributed by atoms with Gasteiger partial charge in [-0.2, -0.15) is 0 Å². The van der Waals surface area contributed by atoms with Crippen molar-refractivity contribution in [2.75, 3.05) is 22.9 Å². The Morgan fingerprint density at radius 1 is 1.29 bits per heavy atom. The minimum Gasteiger partial charge on any atom is -0.383 e. The van der Waals surface area contributed by atoms with Gasteiger partial charge in [0.15, 0.2) is 5.69 Å². The molecule has 0 atom stereocenters. The summed E-state index contributed by atoms with van der Waals surface area (Å²) in [5.41, 5.74) is 4.49. The van der Waals surface area contributed by atoms with Crippen molar-refractivity contribution in [2.24, 2.45) is 0 Å². The van der Waals surface area contributed by atoms with Crippen molar-refractivity contribution in [3.05, 3.63) is 50.7 Å². The summed E-state index contributed by atoms with van der Waals surface area (Å²) in [5.74, 6) is -2.12. The summed E-state index contributed by atoms with van der Waals surface area (Å²) in [5, 5.41) is 0. The molecule has 0 saturated heterocycles. The highest BCUT2D eigenvalue weighted by atomic mass is 32.2. The minimum absolute atomic E-state index is 0.0146. The number of carbonyl (C=O) groups is 1. The third-order valence-electron chi connectivity index (χ3n) is 4.08. The Morgan fingerprint density at radius 3 is 2.64 bits per heavy atom. The maximum Gasteiger partial charge on any atom is 0.330 e. The minimum atomic E-state index is -0.771. The zero-order valence-corrected chi connectivity index (χ0v) is 16.4. The lowest BCUT2D eigenvalue weighted by atomic mass is 10.3. The first kappa shape index (κ1) is 21.7. The number of carbonyl (C=O) groups excluding carboxylic acids is 1. The number of H-pyrrole nitrogens is 1. The van der Waals surface area contributed by atoms with E-state index < -0.39 is 28.8 Å². The quantitative estimate of drug-likeness (QED) is 0.648. The molecule has 152 valence electrons. The molecule has 3 N–H and O–H groups in total. The summed E-state index contributed by atoms with van der Waals surface area (Å²) < 4.78 is 28.2. The number of aromatic amines is 1. The Kier molecular flexibility index (Phi) is 7.38. The van der Waals surface area contributed by atoms with Crippen LogP contribution in [0.5, 0.6) is 0 Å². The van der Waals surface area contributed by atoms with E-state index in [0.717, 1.165) is 41.3 Å². The molecule has 2 aromatic rings. The lowest BCUT2D eigenvalue weighted by Crippen LogP contribution is -2.41. The number of anilines is 2. The van der Waals surface area contributed by atoms with Gasteiger partial charge in [0.1, 0.15) is 17.5 Å². The molecular formula is C18H22F2N4O3S. The van der Waals surface area contributed by atoms with Gasteiger partial charge in [-0.05, 0) is 31.5 Å². The molecule has 0 bridgehead atoms. The van der Waals surface area contributed by atoms with Crippen molar-refractivity contribution < 1.29 is 13.6 Å². The summed E-state index contributed by atoms with van der Waals surface area (Å²) in [4.78, 5) is 40.3. The number of halogens is 2. The number of hydrogen-bond donors (Lipinski definition) is 2. The van der Waals surface area contributed by atoms with Crippen LogP contribution in [0.4, 0.5) is 20.3 Å². The van der Waals surface area contributed by atoms with E-state index in [4.69, 9.17) is 5.73 Å². The Morgan fingerprint density at radius 2 is 2.00 bits per heavy atom. The SMILES string of the molecule is CCCCn1c(N)c(N(CC)C(=O)CSc2cc(F)ccc2F)c(=O)[nH]c1=O. The highest BCUT2D eigenvalue weighted by molar-refractivity contribution is 8.00. The van der Waals surface area contributed by atoms with E-state index in [1.54, 1.807) is 6.92 Å². The number of amides is 1. The van der Waals surface area contributed by atoms with E-state index in [-0.39, 0.29) is 28.7 Å². The molecule has 0 unspecified atom stereocenters. The smallest absolute Gasteiger partial charge is 0.330 e. The largest absolute Gasteiger partial charge is 0.383 e. The molecule has 7 nitrogen and oxygen atoms in total. The molecule has 1 heterocycles. The van der Waals surface area contributed by atoms with Gasteiger partial charge >= 0.3 is 5.69 Å². The van der Waals surface area contributed by atoms with Crippen LogP contribution < -0.4 is 21.9 Å². The summed E-state index contributed by atoms with van der Waals surface area (Å²) >= 11 is 0.813. The number of aromatic nitrogens is 2. The lowest BCUT2D eigenvalue weighted by Gasteiger charge is -2.23. The van der Waals surface area contributed by atoms with E-state index in [9.17, 15) is 23.2 Å². The van der Waals surface area contributed by atoms with Crippen LogP contribution in [0.3, 0.4) is 0 Å². The number of nitrogens with zero attached hydrogens (tertiary/aromatic N) is 2. The van der Waals surface area contributed by atoms with Gasteiger partial charge in [0.05, 0.1) is 5.75 Å². The van der Waals surface area contributed by atoms with Crippen molar-refractivity contribution in [3.8, 4) is 0 Å². The third-order valence-corrected chi connectivity index (χ3v) is 5.10. The highest BCUT2D eigenvalue weighted by Crippen LogP contribution is 2.24. The number of benzene rings is 1. The summed E-state index contributed by atoms with van der Waals surface area (Å²) in [6, 6.07) is 2.96. The molecular weight excluding hydrogens is 390 g/mol. The fraction of sp³-hybridized carbons (Fsp3) is 0.389. The van der Waals surface area contributed by atoms with Crippen molar-refractivity contribution in [1.82, 2.24) is 9.55 Å². The van der Waals surface area contributed by atoms with Crippen molar-refractivity contribution >= 4 is 29.2 Å². The number of nitrogens with one attached hydrogen (secondary N) is 1. The predicted molar refractivity (Wildman–Crippen MR) is 106 cm³/mol. The fourth-order valence-electron chi connectivity index (χ4n) is 2.64. The molecule has 1 amide bonds. The highest BCUT2D eigenvalue weighted by Gasteiger charge is 2.23. The van der Waals surface area contributed by atoms with Gasteiger partial charge in [-0.25, -0.2) is 13.6 Å². The molecule has 0 fully saturated rings. The maximum atomic E-state index is 13.7. The third kappa shape index (κ3) is 4.80. The van der Waals surface area contributed by atoms with Gasteiger partial charge in [0.2, 0.25) is 5.91 Å². The average molecular weight is 412 g/mol. The Hall–Kier alpha value is -2.62. The van der Waals surface area contributed by atoms with Gasteiger partial charge in [-0.15, -0.1) is 11.8 Å². The van der Waals surface area contributed by atoms with E-state index in [2.05, 4.69) is 4.98 Å². The van der Waals surface area contributed by atoms with Crippen LogP contribution in [0.15, 0.2) is 32.7 Å². The monoisotopic (exact) mass is 412 g/mol. The first-order valence-electron chi connectivity index (χ1n) is 8.80. The first-order valence-corrected chi connectivity index (χ1v) is 9.79. The zero-order chi connectivity index (χ0) is 20.8. The van der Waals surface area contributed by atoms with Crippen LogP contribution in [-0.4, -0.2) is 27.8 Å². The summed E-state index contributed by atoms with van der Waals surface area (Å²) in [6.45, 7) is 4.01. The molecule has 2 rings (SSSR count). The molecule has 0 radical (unpaired) electrons. The molecule has 0 spiro atoms. The number of nitrogens with two attached hydrogens (primary N) is 1. The molecule has 10 heteroatoms. The van der Waals surface area contributed by atoms with Crippen LogP contribution >= 0.6 is 11.8 Å². The first-order chi connectivity index (χ1) is 13.3. The number of nitrogen functional groups attached to an aromatic ring is 1. The van der Waals surface area contributed by atoms with E-state index >= 15 is 0 Å². The van der Waals surface area contributed by atoms with E-state index in [0.29, 0.717) is 13.0 Å². The second kappa shape index (κ2) is 9.54. The molecule has 0 aliphatic rings. The lowest BCUT2D eigenvalue weighted by molar-refractivity contribution is -0.116. The standard InChI is InChI=1S/C18H22F2N4O3S/c1-3-5-8-24-16(21)15(17(26)22-18(24)27)23(4-2)14(25)10-28-13-9-11(19)6-7-12(13)20/h6-7,9H,3-5,8,10,21H2,1-2H3,(H,22,26,27). The van der Waals surface area contributed by atoms with E-state index in [1.165, 1.54) is 4.57 Å². The molecule has 0 aliphatic carbocycles. The van der Waals surface area contributed by atoms with Crippen LogP contribution in [0, 0.1) is 11.6 Å². The van der Waals surface area contributed by atoms with Crippen LogP contribution in [0.2, 0.25) is 0 Å². The number of rotatable bonds is 8. The van der Waals surface area contributed by atoms with Crippen molar-refractivity contribution in [2.45, 2.75) is 38.1 Å². The van der Waals surface area contributed by atoms with Crippen LogP contribution in [0.1, 0.15) is 26.7 Å². The van der Waals surface area contributed by atoms with Gasteiger partial charge in [0.25, 0.3) is 5.56 Å². The summed E-state index contributed by atoms with van der Waals surface area (Å²) in [7, 11) is 0. The van der Waals surface area contributed by atoms with Gasteiger partial charge in [0, 0.05) is 18.0 Å². The zero-order valence-electron chi connectivity index (χ0n) is 15.6. The van der Waals surface area contributed by atoms with Gasteiger partial charge in [-0.1, -0.05) is 13.3 Å². The van der Waals surface area contributed by atoms with Crippen LogP contribution in [0.25, 0.3) is 0 Å². The van der Waals surface area contributed by atoms with Gasteiger partial charge in [-0.3, -0.25) is 19.1 Å². The molecule has 1 aromatic carbocycles. The van der Waals surface area contributed by atoms with E-state index in [1.807, 2.05) is 6.92 Å². The number of hydrogen-bond acceptors (Lipinski definition) is 5. The Balaban J connectivity index is 2.31. The van der Waals surface area contributed by atoms with Crippen molar-refractivity contribution in [1.29, 1.82) is 0 Å². The fourth-order valence-corrected chi connectivity index (χ4v) is 3.48. The Labute approximate surface area is 164 Å². The molecule has 1 aromatic heterocycles. The maximum absolute atomic E-state index is 13.7. The topological polar surface area (TPSA) is 101 Å². The number of unbranched alkanes of at least 4 members (excludes halogenated alkanes) is 1. The Bertz CT molecular complexity index is 974. The normalized spacial score (nSPS) is 10.9. The molecule has 28 heavy (non-hydrogen) atoms. The summed E-state index contributed by atoms with van der Waals surface area (Å²) in [6.07, 6.45) is 1.48. The average Bonchev–Trinajstić information content (AvgIpc) is 2.65. The van der Waals surface area contributed by atoms with Crippen LogP contribution in [-0.2, 0) is 11.3 Å². The van der Waals surface area contributed by atoms with Crippen molar-refractivity contribution in [3.63, 3.8) is 0 Å². The van der Waals surface area contributed by atoms with Gasteiger partial charge < -0.3 is 10.6 Å².